The van der Waals surface area contributed by atoms with Crippen molar-refractivity contribution in [3.8, 4) is 0 Å². The summed E-state index contributed by atoms with van der Waals surface area (Å²) in [7, 11) is 1.79. The van der Waals surface area contributed by atoms with Crippen molar-refractivity contribution in [2.24, 2.45) is 4.90 Å². The molecule has 0 aromatic rings. The van der Waals surface area contributed by atoms with Crippen LogP contribution in [-0.4, -0.2) is 18.3 Å². The van der Waals surface area contributed by atoms with Crippen molar-refractivity contribution in [2.45, 2.75) is 52.6 Å². The van der Waals surface area contributed by atoms with Gasteiger partial charge in [-0.2, -0.15) is 0 Å². The Bertz CT molecular complexity index is 139. The van der Waals surface area contributed by atoms with E-state index in [4.69, 9.17) is 0 Å². The SMILES string of the molecule is CC(C)(C)N=BNC(C)(C)C. The molecule has 2 nitrogen and oxygen atoms in total. The van der Waals surface area contributed by atoms with Gasteiger partial charge in [0.25, 0.3) is 0 Å². The van der Waals surface area contributed by atoms with Gasteiger partial charge in [0, 0.05) is 0 Å². The first-order valence-electron chi connectivity index (χ1n) is 4.02. The van der Waals surface area contributed by atoms with Crippen molar-refractivity contribution in [1.82, 2.24) is 5.23 Å². The van der Waals surface area contributed by atoms with Gasteiger partial charge in [-0.05, 0) is 0 Å². The first kappa shape index (κ1) is 10.7. The van der Waals surface area contributed by atoms with E-state index in [1.807, 2.05) is 0 Å². The number of nitrogens with zero attached hydrogens (tertiary/aromatic N) is 1. The minimum atomic E-state index is 0.0260. The number of nitrogens with one attached hydrogen (secondary N) is 1. The van der Waals surface area contributed by atoms with Gasteiger partial charge in [-0.15, -0.1) is 0 Å². The molecule has 1 N–H and O–H groups in total. The second-order valence-corrected chi connectivity index (χ2v) is 4.82. The Morgan fingerprint density at radius 3 is 1.73 bits per heavy atom. The van der Waals surface area contributed by atoms with Crippen LogP contribution >= 0.6 is 0 Å². The molecule has 0 fully saturated rings. The molecule has 0 heterocycles. The molecule has 0 rings (SSSR count). The van der Waals surface area contributed by atoms with E-state index in [0.29, 0.717) is 0 Å². The second kappa shape index (κ2) is 3.37. The minimum absolute atomic E-state index is 0.0260. The summed E-state index contributed by atoms with van der Waals surface area (Å²) in [5.41, 5.74) is 0.146. The summed E-state index contributed by atoms with van der Waals surface area (Å²) in [6.07, 6.45) is 0. The van der Waals surface area contributed by atoms with Crippen molar-refractivity contribution < 1.29 is 0 Å². The quantitative estimate of drug-likeness (QED) is 0.573. The molecular weight excluding hydrogens is 135 g/mol. The number of rotatable bonds is 1. The van der Waals surface area contributed by atoms with E-state index >= 15 is 0 Å². The molecule has 0 aliphatic carbocycles. The average Bonchev–Trinajstić information content (AvgIpc) is 1.55. The molecule has 11 heavy (non-hydrogen) atoms. The Hall–Kier alpha value is -0.335. The van der Waals surface area contributed by atoms with Gasteiger partial charge in [0.05, 0.1) is 0 Å². The topological polar surface area (TPSA) is 24.4 Å². The molecule has 0 unspecified atom stereocenters. The molecule has 0 aliphatic rings. The maximum atomic E-state index is 4.31. The van der Waals surface area contributed by atoms with Crippen LogP contribution < -0.4 is 5.23 Å². The van der Waals surface area contributed by atoms with E-state index in [0.717, 1.165) is 0 Å². The molecular formula is C8H19BN2. The van der Waals surface area contributed by atoms with Crippen LogP contribution in [0.2, 0.25) is 0 Å². The fraction of sp³-hybridized carbons (Fsp3) is 1.00. The fourth-order valence-corrected chi connectivity index (χ4v) is 0.420. The Kier molecular flexibility index (Phi) is 3.27. The molecule has 0 saturated heterocycles. The summed E-state index contributed by atoms with van der Waals surface area (Å²) < 4.78 is 0. The van der Waals surface area contributed by atoms with Crippen molar-refractivity contribution in [3.63, 3.8) is 0 Å². The number of hydrogen-bond donors (Lipinski definition) is 1. The van der Waals surface area contributed by atoms with E-state index in [9.17, 15) is 0 Å². The summed E-state index contributed by atoms with van der Waals surface area (Å²) in [5, 5.41) is 3.19. The van der Waals surface area contributed by atoms with E-state index in [1.165, 1.54) is 0 Å². The predicted octanol–water partition coefficient (Wildman–Crippen LogP) is 1.98. The Morgan fingerprint density at radius 1 is 1.00 bits per heavy atom. The Morgan fingerprint density at radius 2 is 1.45 bits per heavy atom. The van der Waals surface area contributed by atoms with Crippen LogP contribution in [0.4, 0.5) is 0 Å². The molecule has 0 bridgehead atoms. The molecule has 0 atom stereocenters. The van der Waals surface area contributed by atoms with Gasteiger partial charge in [0.2, 0.25) is 0 Å². The monoisotopic (exact) mass is 154 g/mol. The summed E-state index contributed by atoms with van der Waals surface area (Å²) in [4.78, 5) is 4.31. The predicted molar refractivity (Wildman–Crippen MR) is 50.8 cm³/mol. The third-order valence-corrected chi connectivity index (χ3v) is 0.949. The Balaban J connectivity index is 3.80. The van der Waals surface area contributed by atoms with Gasteiger partial charge in [0.1, 0.15) is 0 Å². The van der Waals surface area contributed by atoms with Crippen molar-refractivity contribution >= 4 is 7.21 Å². The zero-order chi connectivity index (χ0) is 9.12. The standard InChI is InChI=1S/C8H19BN2/c1-7(2,3)10-9-11-8(4,5)6/h10H,1-6H3. The van der Waals surface area contributed by atoms with Gasteiger partial charge in [-0.1, -0.05) is 0 Å². The molecule has 0 aromatic heterocycles. The summed E-state index contributed by atoms with van der Waals surface area (Å²) >= 11 is 0. The normalized spacial score (nSPS) is 13.3. The molecule has 3 heteroatoms. The van der Waals surface area contributed by atoms with Crippen LogP contribution in [0.25, 0.3) is 0 Å². The van der Waals surface area contributed by atoms with E-state index in [2.05, 4.69) is 51.7 Å². The zero-order valence-electron chi connectivity index (χ0n) is 8.52. The maximum absolute atomic E-state index is 4.31. The Labute approximate surface area is 70.8 Å². The first-order chi connectivity index (χ1) is 4.71. The van der Waals surface area contributed by atoms with Gasteiger partial charge >= 0.3 is 70.0 Å². The molecule has 0 spiro atoms. The molecule has 0 radical (unpaired) electrons. The van der Waals surface area contributed by atoms with Crippen LogP contribution in [0.3, 0.4) is 0 Å². The van der Waals surface area contributed by atoms with Gasteiger partial charge < -0.3 is 0 Å². The van der Waals surface area contributed by atoms with Crippen LogP contribution in [0, 0.1) is 0 Å². The third kappa shape index (κ3) is 9.66. The molecule has 64 valence electrons. The van der Waals surface area contributed by atoms with Gasteiger partial charge in [0.15, 0.2) is 0 Å². The van der Waals surface area contributed by atoms with Crippen LogP contribution in [-0.2, 0) is 0 Å². The van der Waals surface area contributed by atoms with Crippen LogP contribution in [0.5, 0.6) is 0 Å². The molecule has 0 saturated carbocycles. The molecule has 0 aliphatic heterocycles. The average molecular weight is 154 g/mol. The first-order valence-corrected chi connectivity index (χ1v) is 4.02. The fourth-order valence-electron chi connectivity index (χ4n) is 0.420. The van der Waals surface area contributed by atoms with Crippen molar-refractivity contribution in [3.05, 3.63) is 0 Å². The third-order valence-electron chi connectivity index (χ3n) is 0.949. The summed E-state index contributed by atoms with van der Waals surface area (Å²) in [6, 6.07) is 0. The van der Waals surface area contributed by atoms with E-state index in [-0.39, 0.29) is 11.1 Å². The van der Waals surface area contributed by atoms with Crippen LogP contribution in [0.1, 0.15) is 41.5 Å². The van der Waals surface area contributed by atoms with Crippen molar-refractivity contribution in [2.75, 3.05) is 0 Å². The molecule has 0 amide bonds. The van der Waals surface area contributed by atoms with E-state index in [1.54, 1.807) is 7.21 Å². The summed E-state index contributed by atoms with van der Waals surface area (Å²) in [5.74, 6) is 0. The molecule has 0 aromatic carbocycles. The van der Waals surface area contributed by atoms with Gasteiger partial charge in [-0.3, -0.25) is 0 Å². The van der Waals surface area contributed by atoms with Crippen molar-refractivity contribution in [1.29, 1.82) is 0 Å². The zero-order valence-corrected chi connectivity index (χ0v) is 8.52. The van der Waals surface area contributed by atoms with Gasteiger partial charge in [-0.25, -0.2) is 0 Å². The second-order valence-electron chi connectivity index (χ2n) is 4.82. The van der Waals surface area contributed by atoms with E-state index < -0.39 is 0 Å². The van der Waals surface area contributed by atoms with Crippen LogP contribution in [0.15, 0.2) is 4.90 Å². The summed E-state index contributed by atoms with van der Waals surface area (Å²) in [6.45, 7) is 12.6. The number of hydrogen-bond acceptors (Lipinski definition) is 1.